The third-order valence-corrected chi connectivity index (χ3v) is 7.63. The summed E-state index contributed by atoms with van der Waals surface area (Å²) in [7, 11) is 3.31. The number of aldehydes is 1. The molecule has 3 amide bonds. The van der Waals surface area contributed by atoms with Crippen molar-refractivity contribution in [2.24, 2.45) is 5.92 Å². The number of anilines is 3. The molecule has 0 aliphatic carbocycles. The van der Waals surface area contributed by atoms with Gasteiger partial charge in [0.25, 0.3) is 0 Å². The third kappa shape index (κ3) is 6.14. The molecule has 2 saturated heterocycles. The number of hydrogen-bond donors (Lipinski definition) is 2. The van der Waals surface area contributed by atoms with E-state index in [1.54, 1.807) is 25.1 Å². The Hall–Kier alpha value is -4.12. The standard InChI is InChI=1S/C28H33N7O6/c1-34(27(37)18-5-7-40-14-18)12-19-8-17-4-3-6-35(26(17)32-22(19)13-36)28(38)33-25-9-21(20(10-29)11-30-25)31-23-15-41-16-24(23)39-2/h8-9,11,13,18,23-24H,3-7,12,14-16H2,1-2H3,(H2,30,31,33,38)/t18-,23+,24+/m0/s1. The molecular weight excluding hydrogens is 530 g/mol. The highest BCUT2D eigenvalue weighted by molar-refractivity contribution is 6.02. The summed E-state index contributed by atoms with van der Waals surface area (Å²) >= 11 is 0. The number of pyridine rings is 2. The van der Waals surface area contributed by atoms with Crippen molar-refractivity contribution in [2.75, 3.05) is 62.7 Å². The van der Waals surface area contributed by atoms with Crippen LogP contribution in [0.15, 0.2) is 18.3 Å². The van der Waals surface area contributed by atoms with E-state index in [9.17, 15) is 19.6 Å². The van der Waals surface area contributed by atoms with Crippen molar-refractivity contribution in [3.63, 3.8) is 0 Å². The normalized spacial score (nSPS) is 21.6. The highest BCUT2D eigenvalue weighted by Gasteiger charge is 2.31. The smallest absolute Gasteiger partial charge is 0.328 e. The van der Waals surface area contributed by atoms with Crippen LogP contribution < -0.4 is 15.5 Å². The Balaban J connectivity index is 1.33. The van der Waals surface area contributed by atoms with E-state index in [0.717, 1.165) is 5.56 Å². The lowest BCUT2D eigenvalue weighted by atomic mass is 10.0. The first-order valence-corrected chi connectivity index (χ1v) is 13.6. The van der Waals surface area contributed by atoms with Crippen molar-refractivity contribution >= 4 is 35.5 Å². The molecule has 0 spiro atoms. The van der Waals surface area contributed by atoms with Crippen molar-refractivity contribution in [1.82, 2.24) is 14.9 Å². The second-order valence-corrected chi connectivity index (χ2v) is 10.4. The first-order valence-electron chi connectivity index (χ1n) is 13.6. The van der Waals surface area contributed by atoms with Crippen LogP contribution in [0.1, 0.15) is 40.0 Å². The zero-order valence-electron chi connectivity index (χ0n) is 23.1. The summed E-state index contributed by atoms with van der Waals surface area (Å²) in [6.07, 6.45) is 3.94. The number of nitrogens with zero attached hydrogens (tertiary/aromatic N) is 5. The lowest BCUT2D eigenvalue weighted by molar-refractivity contribution is -0.134. The van der Waals surface area contributed by atoms with E-state index in [2.05, 4.69) is 26.7 Å². The molecule has 5 rings (SSSR count). The summed E-state index contributed by atoms with van der Waals surface area (Å²) in [6, 6.07) is 4.95. The van der Waals surface area contributed by atoms with E-state index in [0.29, 0.717) is 81.2 Å². The monoisotopic (exact) mass is 563 g/mol. The van der Waals surface area contributed by atoms with Crippen LogP contribution in [0, 0.1) is 17.2 Å². The molecule has 0 bridgehead atoms. The van der Waals surface area contributed by atoms with Crippen LogP contribution in [0.3, 0.4) is 0 Å². The summed E-state index contributed by atoms with van der Waals surface area (Å²) < 4.78 is 16.3. The lowest BCUT2D eigenvalue weighted by Gasteiger charge is -2.30. The van der Waals surface area contributed by atoms with E-state index >= 15 is 0 Å². The van der Waals surface area contributed by atoms with E-state index < -0.39 is 6.03 Å². The molecular formula is C28H33N7O6. The maximum absolute atomic E-state index is 13.4. The fourth-order valence-electron chi connectivity index (χ4n) is 5.37. The molecule has 0 aromatic carbocycles. The number of nitrogens with one attached hydrogen (secondary N) is 2. The summed E-state index contributed by atoms with van der Waals surface area (Å²) in [6.45, 7) is 2.48. The molecule has 3 aliphatic heterocycles. The molecule has 0 saturated carbocycles. The van der Waals surface area contributed by atoms with Gasteiger partial charge in [-0.1, -0.05) is 0 Å². The summed E-state index contributed by atoms with van der Waals surface area (Å²) in [5, 5.41) is 15.6. The molecule has 216 valence electrons. The van der Waals surface area contributed by atoms with Crippen molar-refractivity contribution < 1.29 is 28.6 Å². The molecule has 0 radical (unpaired) electrons. The van der Waals surface area contributed by atoms with Gasteiger partial charge >= 0.3 is 6.03 Å². The summed E-state index contributed by atoms with van der Waals surface area (Å²) in [4.78, 5) is 50.0. The number of nitriles is 1. The van der Waals surface area contributed by atoms with Gasteiger partial charge in [0.15, 0.2) is 6.29 Å². The number of ether oxygens (including phenoxy) is 3. The van der Waals surface area contributed by atoms with Crippen LogP contribution in [0.25, 0.3) is 0 Å². The Labute approximate surface area is 237 Å². The average Bonchev–Trinajstić information content (AvgIpc) is 3.68. The van der Waals surface area contributed by atoms with Crippen LogP contribution >= 0.6 is 0 Å². The molecule has 2 aromatic rings. The van der Waals surface area contributed by atoms with Crippen molar-refractivity contribution in [3.8, 4) is 6.07 Å². The second kappa shape index (κ2) is 12.6. The van der Waals surface area contributed by atoms with Crippen LogP contribution in [0.4, 0.5) is 22.1 Å². The molecule has 2 N–H and O–H groups in total. The van der Waals surface area contributed by atoms with Gasteiger partial charge in [-0.25, -0.2) is 14.8 Å². The minimum Gasteiger partial charge on any atom is -0.381 e. The number of fused-ring (bicyclic) bond motifs is 1. The predicted octanol–water partition coefficient (Wildman–Crippen LogP) is 1.97. The number of rotatable bonds is 8. The SMILES string of the molecule is CO[C@@H]1COC[C@H]1Nc1cc(NC(=O)N2CCCc3cc(CN(C)C(=O)[C@H]4CCOC4)c(C=O)nc32)ncc1C#N. The maximum Gasteiger partial charge on any atom is 0.328 e. The van der Waals surface area contributed by atoms with Gasteiger partial charge in [-0.05, 0) is 30.9 Å². The van der Waals surface area contributed by atoms with E-state index in [-0.39, 0.29) is 42.0 Å². The first-order chi connectivity index (χ1) is 19.9. The lowest BCUT2D eigenvalue weighted by Crippen LogP contribution is -2.40. The highest BCUT2D eigenvalue weighted by atomic mass is 16.5. The number of carbonyl (C=O) groups is 3. The average molecular weight is 564 g/mol. The number of methoxy groups -OCH3 is 1. The zero-order valence-corrected chi connectivity index (χ0v) is 23.1. The van der Waals surface area contributed by atoms with Gasteiger partial charge in [0, 0.05) is 51.7 Å². The van der Waals surface area contributed by atoms with Gasteiger partial charge in [0.05, 0.1) is 43.0 Å². The van der Waals surface area contributed by atoms with Gasteiger partial charge in [0.2, 0.25) is 5.91 Å². The quantitative estimate of drug-likeness (QED) is 0.455. The first kappa shape index (κ1) is 28.4. The molecule has 2 fully saturated rings. The molecule has 41 heavy (non-hydrogen) atoms. The summed E-state index contributed by atoms with van der Waals surface area (Å²) in [5.74, 6) is 0.444. The van der Waals surface area contributed by atoms with Gasteiger partial charge in [-0.3, -0.25) is 19.8 Å². The van der Waals surface area contributed by atoms with E-state index in [1.807, 2.05) is 6.07 Å². The van der Waals surface area contributed by atoms with Crippen LogP contribution in [-0.4, -0.2) is 92.4 Å². The van der Waals surface area contributed by atoms with Gasteiger partial charge in [-0.2, -0.15) is 5.26 Å². The maximum atomic E-state index is 13.4. The molecule has 2 aromatic heterocycles. The third-order valence-electron chi connectivity index (χ3n) is 7.63. The minimum atomic E-state index is -0.460. The minimum absolute atomic E-state index is 0.0277. The van der Waals surface area contributed by atoms with Gasteiger partial charge in [0.1, 0.15) is 29.5 Å². The topological polar surface area (TPSA) is 159 Å². The fraction of sp³-hybridized carbons (Fsp3) is 0.500. The molecule has 0 unspecified atom stereocenters. The summed E-state index contributed by atoms with van der Waals surface area (Å²) in [5.41, 5.74) is 2.45. The Kier molecular flexibility index (Phi) is 8.72. The van der Waals surface area contributed by atoms with Crippen LogP contribution in [0.5, 0.6) is 0 Å². The Morgan fingerprint density at radius 3 is 2.88 bits per heavy atom. The van der Waals surface area contributed by atoms with Crippen LogP contribution in [0.2, 0.25) is 0 Å². The van der Waals surface area contributed by atoms with Crippen LogP contribution in [-0.2, 0) is 32.0 Å². The van der Waals surface area contributed by atoms with Gasteiger partial charge < -0.3 is 24.4 Å². The predicted molar refractivity (Wildman–Crippen MR) is 148 cm³/mol. The largest absolute Gasteiger partial charge is 0.381 e. The highest BCUT2D eigenvalue weighted by Crippen LogP contribution is 2.29. The van der Waals surface area contributed by atoms with E-state index in [1.165, 1.54) is 11.1 Å². The number of amides is 3. The molecule has 3 aliphatic rings. The van der Waals surface area contributed by atoms with E-state index in [4.69, 9.17) is 14.2 Å². The Bertz CT molecular complexity index is 1360. The number of urea groups is 1. The zero-order chi connectivity index (χ0) is 28.9. The molecule has 13 heteroatoms. The number of hydrogen-bond acceptors (Lipinski definition) is 10. The Morgan fingerprint density at radius 2 is 2.15 bits per heavy atom. The second-order valence-electron chi connectivity index (χ2n) is 10.4. The molecule has 3 atom stereocenters. The number of aromatic nitrogens is 2. The molecule has 5 heterocycles. The fourth-order valence-corrected chi connectivity index (χ4v) is 5.37. The number of carbonyl (C=O) groups excluding carboxylic acids is 3. The van der Waals surface area contributed by atoms with Gasteiger partial charge in [-0.15, -0.1) is 0 Å². The number of aryl methyl sites for hydroxylation is 1. The molecule has 13 nitrogen and oxygen atoms in total. The van der Waals surface area contributed by atoms with Crippen molar-refractivity contribution in [1.29, 1.82) is 5.26 Å². The Morgan fingerprint density at radius 1 is 1.29 bits per heavy atom. The van der Waals surface area contributed by atoms with Crippen molar-refractivity contribution in [3.05, 3.63) is 40.7 Å². The van der Waals surface area contributed by atoms with Crippen molar-refractivity contribution in [2.45, 2.75) is 38.0 Å².